The summed E-state index contributed by atoms with van der Waals surface area (Å²) in [5.74, 6) is -0.0424. The van der Waals surface area contributed by atoms with Gasteiger partial charge in [0.1, 0.15) is 9.71 Å². The maximum Gasteiger partial charge on any atom is 0.265 e. The van der Waals surface area contributed by atoms with E-state index in [2.05, 4.69) is 5.10 Å². The standard InChI is InChI=1S/C13H20N4O2S/c1-8-9-10(14)11(20-13(9)17(3)15-8)12(18)16(2)6-5-7-19-4/h5-7,14H2,1-4H3. The number of anilines is 1. The SMILES string of the molecule is COCCCN(C)C(=O)c1sc2c(c(C)nn2C)c1N. The lowest BCUT2D eigenvalue weighted by Crippen LogP contribution is -2.28. The Balaban J connectivity index is 2.26. The Morgan fingerprint density at radius 2 is 2.25 bits per heavy atom. The summed E-state index contributed by atoms with van der Waals surface area (Å²) in [6.45, 7) is 3.20. The van der Waals surface area contributed by atoms with Gasteiger partial charge in [0, 0.05) is 34.4 Å². The van der Waals surface area contributed by atoms with Gasteiger partial charge in [-0.2, -0.15) is 5.10 Å². The van der Waals surface area contributed by atoms with Gasteiger partial charge in [-0.15, -0.1) is 11.3 Å². The molecule has 1 amide bonds. The third-order valence-corrected chi connectivity index (χ3v) is 4.53. The first kappa shape index (κ1) is 14.8. The molecule has 2 aromatic rings. The number of aromatic nitrogens is 2. The molecule has 2 aromatic heterocycles. The molecule has 0 unspecified atom stereocenters. The first-order valence-electron chi connectivity index (χ1n) is 6.43. The van der Waals surface area contributed by atoms with Crippen LogP contribution in [0.15, 0.2) is 0 Å². The minimum Gasteiger partial charge on any atom is -0.397 e. The second kappa shape index (κ2) is 5.80. The Hall–Kier alpha value is -1.60. The number of hydrogen-bond acceptors (Lipinski definition) is 5. The summed E-state index contributed by atoms with van der Waals surface area (Å²) in [5, 5.41) is 5.22. The second-order valence-electron chi connectivity index (χ2n) is 4.81. The summed E-state index contributed by atoms with van der Waals surface area (Å²) in [7, 11) is 5.30. The average Bonchev–Trinajstić information content (AvgIpc) is 2.88. The van der Waals surface area contributed by atoms with Crippen molar-refractivity contribution in [3.05, 3.63) is 10.6 Å². The van der Waals surface area contributed by atoms with Gasteiger partial charge < -0.3 is 15.4 Å². The molecule has 0 aliphatic carbocycles. The normalized spacial score (nSPS) is 11.2. The highest BCUT2D eigenvalue weighted by Crippen LogP contribution is 2.35. The molecule has 0 saturated carbocycles. The van der Waals surface area contributed by atoms with E-state index in [1.807, 2.05) is 14.0 Å². The number of carbonyl (C=O) groups excluding carboxylic acids is 1. The van der Waals surface area contributed by atoms with Crippen LogP contribution in [0, 0.1) is 6.92 Å². The Morgan fingerprint density at radius 3 is 2.85 bits per heavy atom. The van der Waals surface area contributed by atoms with E-state index in [9.17, 15) is 4.79 Å². The average molecular weight is 296 g/mol. The monoisotopic (exact) mass is 296 g/mol. The lowest BCUT2D eigenvalue weighted by molar-refractivity contribution is 0.0785. The van der Waals surface area contributed by atoms with Crippen molar-refractivity contribution in [3.8, 4) is 0 Å². The number of methoxy groups -OCH3 is 1. The summed E-state index contributed by atoms with van der Waals surface area (Å²) in [5.41, 5.74) is 7.53. The van der Waals surface area contributed by atoms with Gasteiger partial charge in [0.25, 0.3) is 5.91 Å². The van der Waals surface area contributed by atoms with Gasteiger partial charge in [0.05, 0.1) is 16.8 Å². The first-order chi connectivity index (χ1) is 9.47. The van der Waals surface area contributed by atoms with Gasteiger partial charge in [-0.25, -0.2) is 0 Å². The molecule has 0 spiro atoms. The summed E-state index contributed by atoms with van der Waals surface area (Å²) in [4.78, 5) is 15.7. The summed E-state index contributed by atoms with van der Waals surface area (Å²) in [6, 6.07) is 0. The zero-order valence-electron chi connectivity index (χ0n) is 12.3. The molecule has 2 N–H and O–H groups in total. The molecular formula is C13H20N4O2S. The number of nitrogen functional groups attached to an aromatic ring is 1. The molecule has 0 fully saturated rings. The molecule has 2 heterocycles. The third kappa shape index (κ3) is 2.51. The Labute approximate surface area is 122 Å². The highest BCUT2D eigenvalue weighted by Gasteiger charge is 2.22. The van der Waals surface area contributed by atoms with Crippen LogP contribution in [0.2, 0.25) is 0 Å². The molecule has 0 saturated heterocycles. The molecule has 0 atom stereocenters. The zero-order chi connectivity index (χ0) is 14.9. The highest BCUT2D eigenvalue weighted by atomic mass is 32.1. The summed E-state index contributed by atoms with van der Waals surface area (Å²) >= 11 is 1.40. The fourth-order valence-electron chi connectivity index (χ4n) is 2.21. The number of aryl methyl sites for hydroxylation is 2. The maximum atomic E-state index is 12.4. The zero-order valence-corrected chi connectivity index (χ0v) is 13.1. The van der Waals surface area contributed by atoms with Crippen molar-refractivity contribution in [1.29, 1.82) is 0 Å². The second-order valence-corrected chi connectivity index (χ2v) is 5.81. The Bertz CT molecular complexity index is 632. The van der Waals surface area contributed by atoms with Gasteiger partial charge in [-0.05, 0) is 13.3 Å². The fourth-order valence-corrected chi connectivity index (χ4v) is 3.39. The molecule has 0 aliphatic rings. The minimum atomic E-state index is -0.0424. The van der Waals surface area contributed by atoms with Crippen molar-refractivity contribution in [2.45, 2.75) is 13.3 Å². The van der Waals surface area contributed by atoms with Crippen LogP contribution >= 0.6 is 11.3 Å². The number of hydrogen-bond donors (Lipinski definition) is 1. The quantitative estimate of drug-likeness (QED) is 0.851. The van der Waals surface area contributed by atoms with Crippen molar-refractivity contribution in [1.82, 2.24) is 14.7 Å². The van der Waals surface area contributed by atoms with Crippen LogP contribution in [-0.2, 0) is 11.8 Å². The van der Waals surface area contributed by atoms with E-state index < -0.39 is 0 Å². The molecule has 0 aliphatic heterocycles. The van der Waals surface area contributed by atoms with Crippen LogP contribution in [0.5, 0.6) is 0 Å². The van der Waals surface area contributed by atoms with Crippen molar-refractivity contribution in [3.63, 3.8) is 0 Å². The van der Waals surface area contributed by atoms with E-state index in [0.717, 1.165) is 22.3 Å². The Kier molecular flexibility index (Phi) is 4.29. The van der Waals surface area contributed by atoms with E-state index in [4.69, 9.17) is 10.5 Å². The molecule has 2 rings (SSSR count). The van der Waals surface area contributed by atoms with E-state index in [1.165, 1.54) is 11.3 Å². The third-order valence-electron chi connectivity index (χ3n) is 3.27. The van der Waals surface area contributed by atoms with E-state index >= 15 is 0 Å². The van der Waals surface area contributed by atoms with Crippen LogP contribution in [0.4, 0.5) is 5.69 Å². The van der Waals surface area contributed by atoms with Crippen LogP contribution in [0.3, 0.4) is 0 Å². The van der Waals surface area contributed by atoms with E-state index in [0.29, 0.717) is 23.7 Å². The number of fused-ring (bicyclic) bond motifs is 1. The largest absolute Gasteiger partial charge is 0.397 e. The molecule has 0 bridgehead atoms. The number of carbonyl (C=O) groups is 1. The first-order valence-corrected chi connectivity index (χ1v) is 7.25. The predicted molar refractivity (Wildman–Crippen MR) is 81.2 cm³/mol. The number of rotatable bonds is 5. The smallest absolute Gasteiger partial charge is 0.265 e. The van der Waals surface area contributed by atoms with E-state index in [-0.39, 0.29) is 5.91 Å². The highest BCUT2D eigenvalue weighted by molar-refractivity contribution is 7.21. The number of amides is 1. The van der Waals surface area contributed by atoms with Gasteiger partial charge >= 0.3 is 0 Å². The lowest BCUT2D eigenvalue weighted by Gasteiger charge is -2.16. The van der Waals surface area contributed by atoms with Crippen molar-refractivity contribution < 1.29 is 9.53 Å². The van der Waals surface area contributed by atoms with Gasteiger partial charge in [0.2, 0.25) is 0 Å². The number of ether oxygens (including phenoxy) is 1. The minimum absolute atomic E-state index is 0.0424. The molecule has 0 aromatic carbocycles. The molecule has 6 nitrogen and oxygen atoms in total. The summed E-state index contributed by atoms with van der Waals surface area (Å²) < 4.78 is 6.77. The molecular weight excluding hydrogens is 276 g/mol. The van der Waals surface area contributed by atoms with Gasteiger partial charge in [-0.3, -0.25) is 9.48 Å². The lowest BCUT2D eigenvalue weighted by atomic mass is 10.2. The van der Waals surface area contributed by atoms with Gasteiger partial charge in [-0.1, -0.05) is 0 Å². The maximum absolute atomic E-state index is 12.4. The molecule has 20 heavy (non-hydrogen) atoms. The van der Waals surface area contributed by atoms with Gasteiger partial charge in [0.15, 0.2) is 0 Å². The van der Waals surface area contributed by atoms with Crippen molar-refractivity contribution in [2.24, 2.45) is 7.05 Å². The van der Waals surface area contributed by atoms with Crippen LogP contribution in [0.1, 0.15) is 21.8 Å². The molecule has 110 valence electrons. The number of nitrogens with zero attached hydrogens (tertiary/aromatic N) is 3. The Morgan fingerprint density at radius 1 is 1.55 bits per heavy atom. The topological polar surface area (TPSA) is 73.4 Å². The van der Waals surface area contributed by atoms with E-state index in [1.54, 1.807) is 23.7 Å². The number of nitrogens with two attached hydrogens (primary N) is 1. The fraction of sp³-hybridized carbons (Fsp3) is 0.538. The summed E-state index contributed by atoms with van der Waals surface area (Å²) in [6.07, 6.45) is 0.810. The predicted octanol–water partition coefficient (Wildman–Crippen LogP) is 1.63. The van der Waals surface area contributed by atoms with Crippen molar-refractivity contribution >= 4 is 33.1 Å². The number of thiophene rings is 1. The van der Waals surface area contributed by atoms with Crippen molar-refractivity contribution in [2.75, 3.05) is 33.0 Å². The van der Waals surface area contributed by atoms with Crippen LogP contribution in [-0.4, -0.2) is 47.9 Å². The van der Waals surface area contributed by atoms with Crippen LogP contribution < -0.4 is 5.73 Å². The molecule has 7 heteroatoms. The molecule has 0 radical (unpaired) electrons. The van der Waals surface area contributed by atoms with Crippen LogP contribution in [0.25, 0.3) is 10.2 Å².